The van der Waals surface area contributed by atoms with E-state index in [0.29, 0.717) is 59.9 Å². The number of methoxy groups -OCH3 is 1. The van der Waals surface area contributed by atoms with E-state index in [2.05, 4.69) is 43.1 Å². The molecule has 0 aliphatic carbocycles. The maximum absolute atomic E-state index is 14.2. The Balaban J connectivity index is 1.36. The zero-order chi connectivity index (χ0) is 30.0. The van der Waals surface area contributed by atoms with Crippen LogP contribution in [0.25, 0.3) is 0 Å². The summed E-state index contributed by atoms with van der Waals surface area (Å²) in [4.78, 5) is 18.8. The predicted octanol–water partition coefficient (Wildman–Crippen LogP) is 5.47. The van der Waals surface area contributed by atoms with Crippen LogP contribution in [0.1, 0.15) is 89.9 Å². The number of carbonyl (C=O) groups excluding carboxylic acids is 1. The second-order valence-electron chi connectivity index (χ2n) is 13.6. The molecule has 1 amide bonds. The van der Waals surface area contributed by atoms with E-state index in [9.17, 15) is 4.79 Å². The number of ether oxygens (including phenoxy) is 3. The second kappa shape index (κ2) is 12.9. The summed E-state index contributed by atoms with van der Waals surface area (Å²) in [5.74, 6) is 1.88. The van der Waals surface area contributed by atoms with E-state index in [1.54, 1.807) is 19.2 Å². The quantitative estimate of drug-likeness (QED) is 0.335. The average Bonchev–Trinajstić information content (AvgIpc) is 3.62. The largest absolute Gasteiger partial charge is 0.493 e. The summed E-state index contributed by atoms with van der Waals surface area (Å²) in [5, 5.41) is 3.78. The normalized spacial score (nSPS) is 27.1. The highest BCUT2D eigenvalue weighted by Crippen LogP contribution is 2.47. The van der Waals surface area contributed by atoms with Crippen LogP contribution in [0, 0.1) is 11.8 Å². The molecular weight excluding hydrogens is 528 g/mol. The van der Waals surface area contributed by atoms with Crippen LogP contribution in [0.5, 0.6) is 17.2 Å². The first-order valence-corrected chi connectivity index (χ1v) is 16.0. The molecule has 0 spiro atoms. The van der Waals surface area contributed by atoms with Gasteiger partial charge in [0.05, 0.1) is 13.7 Å². The van der Waals surface area contributed by atoms with Gasteiger partial charge in [-0.2, -0.15) is 0 Å². The molecular formula is C34H52N4O4. The lowest BCUT2D eigenvalue weighted by molar-refractivity contribution is -0.0439. The zero-order valence-electron chi connectivity index (χ0n) is 26.6. The Labute approximate surface area is 252 Å². The summed E-state index contributed by atoms with van der Waals surface area (Å²) < 4.78 is 17.6. The van der Waals surface area contributed by atoms with E-state index in [1.807, 2.05) is 18.7 Å². The van der Waals surface area contributed by atoms with Crippen molar-refractivity contribution >= 4 is 5.91 Å². The van der Waals surface area contributed by atoms with Gasteiger partial charge in [-0.3, -0.25) is 9.69 Å². The molecule has 3 atom stereocenters. The van der Waals surface area contributed by atoms with E-state index in [4.69, 9.17) is 19.9 Å². The highest BCUT2D eigenvalue weighted by molar-refractivity contribution is 5.96. The van der Waals surface area contributed by atoms with Crippen molar-refractivity contribution in [1.29, 1.82) is 0 Å². The number of nitrogens with two attached hydrogens (primary N) is 1. The number of likely N-dealkylation sites (tertiary alicyclic amines) is 1. The van der Waals surface area contributed by atoms with Crippen molar-refractivity contribution in [3.8, 4) is 17.2 Å². The van der Waals surface area contributed by atoms with Gasteiger partial charge in [0.2, 0.25) is 11.5 Å². The predicted molar refractivity (Wildman–Crippen MR) is 167 cm³/mol. The maximum Gasteiger partial charge on any atom is 0.254 e. The first kappa shape index (κ1) is 30.7. The minimum absolute atomic E-state index is 0.0670. The molecule has 8 nitrogen and oxygen atoms in total. The minimum atomic E-state index is -0.816. The van der Waals surface area contributed by atoms with Gasteiger partial charge >= 0.3 is 0 Å². The average molecular weight is 581 g/mol. The standard InChI is InChI=1S/C34H52N4O4/c1-7-24(22(2)3)10-11-26(35)20-38(33(39)25-17-30(40-6)32-31(18-25)41-34(4,5)42-32)21-29-9-8-14-37(29)19-23-15-27-12-13-28(16-23)36-27/h7,11,17-18,22-23,27-29,36H,8-10,12-16,19-21,35H2,1-6H3/b24-7-,26-11-/t23?,27?,28?,29-/m0/s1. The van der Waals surface area contributed by atoms with Gasteiger partial charge in [0.25, 0.3) is 5.91 Å². The van der Waals surface area contributed by atoms with Crippen LogP contribution in [0.3, 0.4) is 0 Å². The van der Waals surface area contributed by atoms with Crippen molar-refractivity contribution < 1.29 is 19.0 Å². The zero-order valence-corrected chi connectivity index (χ0v) is 26.6. The number of nitrogens with zero attached hydrogens (tertiary/aromatic N) is 2. The molecule has 0 saturated carbocycles. The van der Waals surface area contributed by atoms with Gasteiger partial charge in [0, 0.05) is 56.3 Å². The van der Waals surface area contributed by atoms with E-state index in [-0.39, 0.29) is 5.91 Å². The molecule has 4 aliphatic heterocycles. The van der Waals surface area contributed by atoms with Crippen molar-refractivity contribution in [2.45, 2.75) is 103 Å². The van der Waals surface area contributed by atoms with Gasteiger partial charge in [-0.25, -0.2) is 0 Å². The molecule has 4 aliphatic rings. The number of carbonyl (C=O) groups is 1. The second-order valence-corrected chi connectivity index (χ2v) is 13.6. The minimum Gasteiger partial charge on any atom is -0.493 e. The van der Waals surface area contributed by atoms with Gasteiger partial charge < -0.3 is 30.2 Å². The molecule has 1 aromatic rings. The number of piperidine rings is 1. The number of allylic oxidation sites excluding steroid dienone is 3. The number of rotatable bonds is 11. The van der Waals surface area contributed by atoms with Crippen molar-refractivity contribution in [3.63, 3.8) is 0 Å². The monoisotopic (exact) mass is 580 g/mol. The van der Waals surface area contributed by atoms with Crippen LogP contribution in [0.4, 0.5) is 0 Å². The number of hydrogen-bond donors (Lipinski definition) is 2. The van der Waals surface area contributed by atoms with Crippen LogP contribution in [0.15, 0.2) is 35.6 Å². The Bertz CT molecular complexity index is 1180. The molecule has 2 bridgehead atoms. The van der Waals surface area contributed by atoms with Gasteiger partial charge in [-0.05, 0) is 82.4 Å². The Morgan fingerprint density at radius 2 is 1.95 bits per heavy atom. The van der Waals surface area contributed by atoms with Gasteiger partial charge in [-0.1, -0.05) is 31.6 Å². The Morgan fingerprint density at radius 1 is 1.21 bits per heavy atom. The maximum atomic E-state index is 14.2. The molecule has 42 heavy (non-hydrogen) atoms. The third-order valence-corrected chi connectivity index (χ3v) is 9.56. The third kappa shape index (κ3) is 7.08. The fourth-order valence-corrected chi connectivity index (χ4v) is 7.43. The van der Waals surface area contributed by atoms with E-state index >= 15 is 0 Å². The summed E-state index contributed by atoms with van der Waals surface area (Å²) in [6.07, 6.45) is 12.5. The van der Waals surface area contributed by atoms with E-state index < -0.39 is 5.79 Å². The summed E-state index contributed by atoms with van der Waals surface area (Å²) in [7, 11) is 1.59. The van der Waals surface area contributed by atoms with Gasteiger partial charge in [0.1, 0.15) is 0 Å². The van der Waals surface area contributed by atoms with Crippen molar-refractivity contribution in [2.24, 2.45) is 17.6 Å². The topological polar surface area (TPSA) is 89.3 Å². The van der Waals surface area contributed by atoms with Crippen LogP contribution in [-0.4, -0.2) is 72.9 Å². The Kier molecular flexibility index (Phi) is 9.43. The molecule has 0 aromatic heterocycles. The van der Waals surface area contributed by atoms with Crippen LogP contribution >= 0.6 is 0 Å². The lowest BCUT2D eigenvalue weighted by Gasteiger charge is -2.36. The summed E-state index contributed by atoms with van der Waals surface area (Å²) >= 11 is 0. The highest BCUT2D eigenvalue weighted by atomic mass is 16.7. The molecule has 3 fully saturated rings. The molecule has 2 unspecified atom stereocenters. The van der Waals surface area contributed by atoms with Crippen molar-refractivity contribution in [2.75, 3.05) is 33.3 Å². The number of benzene rings is 1. The number of hydrogen-bond acceptors (Lipinski definition) is 7. The number of nitrogens with one attached hydrogen (secondary N) is 1. The van der Waals surface area contributed by atoms with Crippen molar-refractivity contribution in [1.82, 2.24) is 15.1 Å². The number of fused-ring (bicyclic) bond motifs is 3. The molecule has 0 radical (unpaired) electrons. The Hall–Kier alpha value is -2.71. The molecule has 3 saturated heterocycles. The van der Waals surface area contributed by atoms with E-state index in [0.717, 1.165) is 37.5 Å². The summed E-state index contributed by atoms with van der Waals surface area (Å²) in [6.45, 7) is 13.4. The van der Waals surface area contributed by atoms with Gasteiger partial charge in [-0.15, -0.1) is 0 Å². The fraction of sp³-hybridized carbons (Fsp3) is 0.676. The first-order valence-electron chi connectivity index (χ1n) is 16.0. The SMILES string of the molecule is C/C=C(/C/C=C(\N)CN(C[C@@H]1CCCN1CC1CC2CCC(C1)N2)C(=O)c1cc(OC)c2c(c1)OC(C)(C)O2)C(C)C. The molecule has 5 rings (SSSR count). The lowest BCUT2D eigenvalue weighted by atomic mass is 9.91. The molecule has 4 heterocycles. The van der Waals surface area contributed by atoms with Crippen LogP contribution < -0.4 is 25.3 Å². The smallest absolute Gasteiger partial charge is 0.254 e. The summed E-state index contributed by atoms with van der Waals surface area (Å²) in [5.41, 5.74) is 9.21. The van der Waals surface area contributed by atoms with Gasteiger partial charge in [0.15, 0.2) is 11.5 Å². The lowest BCUT2D eigenvalue weighted by Crippen LogP contribution is -2.47. The van der Waals surface area contributed by atoms with Crippen molar-refractivity contribution in [3.05, 3.63) is 41.1 Å². The highest BCUT2D eigenvalue weighted by Gasteiger charge is 2.38. The molecule has 1 aromatic carbocycles. The molecule has 8 heteroatoms. The fourth-order valence-electron chi connectivity index (χ4n) is 7.43. The number of amides is 1. The van der Waals surface area contributed by atoms with E-state index in [1.165, 1.54) is 37.7 Å². The van der Waals surface area contributed by atoms with Crippen LogP contribution in [-0.2, 0) is 0 Å². The Morgan fingerprint density at radius 3 is 2.62 bits per heavy atom. The first-order chi connectivity index (χ1) is 20.0. The summed E-state index contributed by atoms with van der Waals surface area (Å²) in [6, 6.07) is 5.27. The third-order valence-electron chi connectivity index (χ3n) is 9.56. The molecule has 232 valence electrons. The molecule has 3 N–H and O–H groups in total. The van der Waals surface area contributed by atoms with Crippen LogP contribution in [0.2, 0.25) is 0 Å².